The van der Waals surface area contributed by atoms with E-state index in [-0.39, 0.29) is 50.8 Å². The lowest BCUT2D eigenvalue weighted by Gasteiger charge is -2.26. The summed E-state index contributed by atoms with van der Waals surface area (Å²) in [7, 11) is 0. The van der Waals surface area contributed by atoms with E-state index >= 15 is 0 Å². The maximum atomic E-state index is 12.8. The average Bonchev–Trinajstić information content (AvgIpc) is 3.29. The molecule has 0 aromatic carbocycles. The Balaban J connectivity index is 4.94. The van der Waals surface area contributed by atoms with Gasteiger partial charge < -0.3 is 43.5 Å². The van der Waals surface area contributed by atoms with E-state index in [4.69, 9.17) is 38.6 Å². The van der Waals surface area contributed by atoms with Crippen LogP contribution in [0.2, 0.25) is 0 Å². The van der Waals surface area contributed by atoms with Crippen LogP contribution in [0.1, 0.15) is 182 Å². The van der Waals surface area contributed by atoms with Crippen LogP contribution in [-0.2, 0) is 47.6 Å². The number of hydrogen-bond donors (Lipinski definition) is 2. The molecule has 0 rings (SSSR count). The van der Waals surface area contributed by atoms with Gasteiger partial charge in [-0.3, -0.25) is 24.1 Å². The number of unbranched alkanes of at least 4 members (excludes halogenated alkanes) is 10. The highest BCUT2D eigenvalue weighted by molar-refractivity contribution is 7.99. The minimum absolute atomic E-state index is 0.0152. The van der Waals surface area contributed by atoms with E-state index in [0.29, 0.717) is 84.2 Å². The normalized spacial score (nSPS) is 12.1. The lowest BCUT2D eigenvalue weighted by molar-refractivity contribution is -0.144. The van der Waals surface area contributed by atoms with E-state index in [1.807, 2.05) is 4.90 Å². The predicted molar refractivity (Wildman–Crippen MR) is 271 cm³/mol. The first-order chi connectivity index (χ1) is 32.9. The molecule has 2 unspecified atom stereocenters. The summed E-state index contributed by atoms with van der Waals surface area (Å²) in [6.07, 6.45) is 14.8. The Morgan fingerprint density at radius 1 is 0.412 bits per heavy atom. The number of thioether (sulfide) groups is 2. The third kappa shape index (κ3) is 44.3. The SMILES string of the molecule is CCCCCCCCSCCOC(=O)CCCC(CCCC(=O)O)OC(=O)OCCN(CCOC(=O)OC(CCCC(=O)O)CCCC(=O)OCCSCCCCCCCC)CCN(CC)CC. The molecule has 2 atom stereocenters. The Hall–Kier alpha value is -2.96. The van der Waals surface area contributed by atoms with E-state index in [1.54, 1.807) is 23.5 Å². The molecule has 18 heteroatoms. The summed E-state index contributed by atoms with van der Waals surface area (Å²) < 4.78 is 32.8. The zero-order valence-corrected chi connectivity index (χ0v) is 44.2. The summed E-state index contributed by atoms with van der Waals surface area (Å²) in [4.78, 5) is 76.9. The smallest absolute Gasteiger partial charge is 0.481 e. The Morgan fingerprint density at radius 2 is 0.779 bits per heavy atom. The molecule has 0 fully saturated rings. The minimum Gasteiger partial charge on any atom is -0.481 e. The quantitative estimate of drug-likeness (QED) is 0.0330. The molecule has 0 radical (unpaired) electrons. The molecule has 0 saturated heterocycles. The number of nitrogens with zero attached hydrogens (tertiary/aromatic N) is 2. The lowest BCUT2D eigenvalue weighted by Crippen LogP contribution is -2.39. The molecule has 68 heavy (non-hydrogen) atoms. The molecule has 0 aliphatic heterocycles. The van der Waals surface area contributed by atoms with Gasteiger partial charge in [-0.15, -0.1) is 0 Å². The number of carbonyl (C=O) groups is 6. The van der Waals surface area contributed by atoms with Gasteiger partial charge in [0, 0.05) is 63.4 Å². The van der Waals surface area contributed by atoms with Crippen LogP contribution in [0.15, 0.2) is 0 Å². The summed E-state index contributed by atoms with van der Waals surface area (Å²) in [5.74, 6) is 1.07. The molecular weight excluding hydrogens is 917 g/mol. The van der Waals surface area contributed by atoms with Crippen LogP contribution in [0.25, 0.3) is 0 Å². The van der Waals surface area contributed by atoms with Crippen LogP contribution in [0.4, 0.5) is 9.59 Å². The van der Waals surface area contributed by atoms with Crippen molar-refractivity contribution in [1.29, 1.82) is 0 Å². The predicted octanol–water partition coefficient (Wildman–Crippen LogP) is 10.8. The maximum Gasteiger partial charge on any atom is 0.508 e. The van der Waals surface area contributed by atoms with Crippen molar-refractivity contribution in [3.8, 4) is 0 Å². The van der Waals surface area contributed by atoms with Crippen LogP contribution in [0.5, 0.6) is 0 Å². The molecule has 0 heterocycles. The topological polar surface area (TPSA) is 205 Å². The van der Waals surface area contributed by atoms with Gasteiger partial charge in [0.25, 0.3) is 0 Å². The van der Waals surface area contributed by atoms with Crippen LogP contribution in [-0.4, -0.2) is 157 Å². The number of hydrogen-bond acceptors (Lipinski definition) is 16. The summed E-state index contributed by atoms with van der Waals surface area (Å²) in [5.41, 5.74) is 0. The number of ether oxygens (including phenoxy) is 6. The molecule has 0 aliphatic carbocycles. The molecule has 0 aromatic heterocycles. The monoisotopic (exact) mass is 1010 g/mol. The molecule has 16 nitrogen and oxygen atoms in total. The van der Waals surface area contributed by atoms with Crippen molar-refractivity contribution in [2.75, 3.05) is 88.7 Å². The highest BCUT2D eigenvalue weighted by Crippen LogP contribution is 2.17. The standard InChI is InChI=1S/C50H92N2O14S2/c1-5-9-11-13-15-17-39-67-41-37-61-47(57)29-21-25-43(23-19-27-45(53)54)65-49(59)63-35-33-52(32-31-51(7-3)8-4)34-36-64-50(60)66-44(24-20-28-46(55)56)26-22-30-48(58)62-38-42-68-40-18-16-14-12-10-6-2/h43-44H,5-42H2,1-4H3,(H,53,54)(H,55,56). The molecule has 0 spiro atoms. The summed E-state index contributed by atoms with van der Waals surface area (Å²) >= 11 is 3.57. The summed E-state index contributed by atoms with van der Waals surface area (Å²) in [6, 6.07) is 0. The summed E-state index contributed by atoms with van der Waals surface area (Å²) in [5, 5.41) is 18.3. The van der Waals surface area contributed by atoms with Crippen molar-refractivity contribution in [3.63, 3.8) is 0 Å². The largest absolute Gasteiger partial charge is 0.508 e. The summed E-state index contributed by atoms with van der Waals surface area (Å²) in [6.45, 7) is 12.8. The van der Waals surface area contributed by atoms with Gasteiger partial charge in [-0.05, 0) is 88.8 Å². The minimum atomic E-state index is -0.949. The molecule has 0 amide bonds. The van der Waals surface area contributed by atoms with Gasteiger partial charge in [0.05, 0.1) is 0 Å². The van der Waals surface area contributed by atoms with Gasteiger partial charge in [0.1, 0.15) is 38.6 Å². The number of esters is 2. The average molecular weight is 1010 g/mol. The fourth-order valence-electron chi connectivity index (χ4n) is 7.20. The Morgan fingerprint density at radius 3 is 1.16 bits per heavy atom. The van der Waals surface area contributed by atoms with Crippen molar-refractivity contribution in [2.24, 2.45) is 0 Å². The van der Waals surface area contributed by atoms with Crippen molar-refractivity contribution in [3.05, 3.63) is 0 Å². The van der Waals surface area contributed by atoms with Gasteiger partial charge in [0.15, 0.2) is 0 Å². The molecule has 0 saturated carbocycles. The lowest BCUT2D eigenvalue weighted by atomic mass is 10.1. The Bertz CT molecular complexity index is 1190. The van der Waals surface area contributed by atoms with Crippen LogP contribution in [0.3, 0.4) is 0 Å². The molecule has 0 aromatic rings. The fraction of sp³-hybridized carbons (Fsp3) is 0.880. The highest BCUT2D eigenvalue weighted by atomic mass is 32.2. The van der Waals surface area contributed by atoms with Gasteiger partial charge in [-0.1, -0.05) is 91.9 Å². The third-order valence-corrected chi connectivity index (χ3v) is 13.4. The Kier molecular flexibility index (Phi) is 45.6. The number of carbonyl (C=O) groups excluding carboxylic acids is 4. The zero-order chi connectivity index (χ0) is 50.3. The first-order valence-corrected chi connectivity index (χ1v) is 28.3. The van der Waals surface area contributed by atoms with Crippen molar-refractivity contribution in [1.82, 2.24) is 9.80 Å². The second-order valence-electron chi connectivity index (χ2n) is 17.1. The number of carboxylic acids is 2. The fourth-order valence-corrected chi connectivity index (χ4v) is 8.82. The molecule has 0 aliphatic rings. The van der Waals surface area contributed by atoms with Crippen molar-refractivity contribution >= 4 is 59.7 Å². The number of carboxylic acid groups (broad SMARTS) is 2. The first kappa shape index (κ1) is 65.0. The van der Waals surface area contributed by atoms with Gasteiger partial charge in [-0.2, -0.15) is 23.5 Å². The number of aliphatic carboxylic acids is 2. The van der Waals surface area contributed by atoms with E-state index in [1.165, 1.54) is 77.0 Å². The van der Waals surface area contributed by atoms with Gasteiger partial charge in [-0.25, -0.2) is 9.59 Å². The van der Waals surface area contributed by atoms with Crippen LogP contribution in [0, 0.1) is 0 Å². The van der Waals surface area contributed by atoms with Crippen molar-refractivity contribution in [2.45, 2.75) is 194 Å². The highest BCUT2D eigenvalue weighted by Gasteiger charge is 2.20. The second-order valence-corrected chi connectivity index (χ2v) is 19.6. The van der Waals surface area contributed by atoms with Crippen LogP contribution < -0.4 is 0 Å². The zero-order valence-electron chi connectivity index (χ0n) is 42.5. The van der Waals surface area contributed by atoms with Crippen LogP contribution >= 0.6 is 23.5 Å². The van der Waals surface area contributed by atoms with E-state index in [0.717, 1.165) is 42.6 Å². The maximum absolute atomic E-state index is 12.8. The molecule has 0 bridgehead atoms. The second kappa shape index (κ2) is 47.7. The first-order valence-electron chi connectivity index (χ1n) is 26.0. The van der Waals surface area contributed by atoms with E-state index in [2.05, 4.69) is 32.6 Å². The van der Waals surface area contributed by atoms with Gasteiger partial charge in [0.2, 0.25) is 0 Å². The van der Waals surface area contributed by atoms with E-state index in [9.17, 15) is 28.8 Å². The van der Waals surface area contributed by atoms with Gasteiger partial charge >= 0.3 is 36.2 Å². The molecule has 398 valence electrons. The Labute approximate surface area is 418 Å². The molecular formula is C50H92N2O14S2. The number of likely N-dealkylation sites (N-methyl/N-ethyl adjacent to an activating group) is 1. The van der Waals surface area contributed by atoms with Crippen molar-refractivity contribution < 1.29 is 67.4 Å². The van der Waals surface area contributed by atoms with E-state index < -0.39 is 36.5 Å². The molecule has 2 N–H and O–H groups in total. The third-order valence-electron chi connectivity index (χ3n) is 11.3. The number of rotatable bonds is 49.